The van der Waals surface area contributed by atoms with Gasteiger partial charge in [0, 0.05) is 24.0 Å². The zero-order chi connectivity index (χ0) is 22.7. The van der Waals surface area contributed by atoms with E-state index in [9.17, 15) is 19.7 Å². The molecule has 2 amide bonds. The van der Waals surface area contributed by atoms with Crippen LogP contribution in [0.2, 0.25) is 0 Å². The van der Waals surface area contributed by atoms with Crippen molar-refractivity contribution in [3.05, 3.63) is 100.0 Å². The van der Waals surface area contributed by atoms with Crippen LogP contribution in [0.25, 0.3) is 5.57 Å². The molecule has 0 spiro atoms. The Labute approximate surface area is 183 Å². The zero-order valence-electron chi connectivity index (χ0n) is 17.0. The Kier molecular flexibility index (Phi) is 5.63. The zero-order valence-corrected chi connectivity index (χ0v) is 17.0. The normalized spacial score (nSPS) is 13.5. The van der Waals surface area contributed by atoms with E-state index in [-0.39, 0.29) is 23.5 Å². The number of nitro benzene ring substituents is 1. The second kappa shape index (κ2) is 8.68. The smallest absolute Gasteiger partial charge is 0.278 e. The first-order valence-electron chi connectivity index (χ1n) is 9.64. The van der Waals surface area contributed by atoms with Crippen LogP contribution >= 0.6 is 0 Å². The molecule has 160 valence electrons. The Morgan fingerprint density at radius 2 is 1.72 bits per heavy atom. The third-order valence-electron chi connectivity index (χ3n) is 4.94. The molecule has 9 nitrogen and oxygen atoms in total. The largest absolute Gasteiger partial charge is 0.497 e. The number of nitro groups is 1. The molecule has 1 aromatic heterocycles. The highest BCUT2D eigenvalue weighted by Crippen LogP contribution is 2.32. The van der Waals surface area contributed by atoms with Crippen molar-refractivity contribution in [3.63, 3.8) is 0 Å². The quantitative estimate of drug-likeness (QED) is 0.347. The summed E-state index contributed by atoms with van der Waals surface area (Å²) >= 11 is 0. The molecule has 2 heterocycles. The molecule has 0 radical (unpaired) electrons. The number of methoxy groups -OCH3 is 1. The minimum absolute atomic E-state index is 0.00276. The van der Waals surface area contributed by atoms with Crippen molar-refractivity contribution in [1.82, 2.24) is 9.88 Å². The number of non-ortho nitro benzene ring substituents is 1. The Morgan fingerprint density at radius 1 is 1.00 bits per heavy atom. The summed E-state index contributed by atoms with van der Waals surface area (Å²) in [7, 11) is 1.55. The van der Waals surface area contributed by atoms with Crippen LogP contribution < -0.4 is 10.1 Å². The predicted octanol–water partition coefficient (Wildman–Crippen LogP) is 3.39. The summed E-state index contributed by atoms with van der Waals surface area (Å²) in [5.41, 5.74) is 1.65. The van der Waals surface area contributed by atoms with Gasteiger partial charge >= 0.3 is 0 Å². The van der Waals surface area contributed by atoms with Gasteiger partial charge < -0.3 is 10.1 Å². The number of benzene rings is 2. The lowest BCUT2D eigenvalue weighted by atomic mass is 10.0. The Bertz CT molecular complexity index is 1210. The summed E-state index contributed by atoms with van der Waals surface area (Å²) in [5.74, 6) is -0.374. The molecule has 1 N–H and O–H groups in total. The summed E-state index contributed by atoms with van der Waals surface area (Å²) in [6, 6.07) is 17.6. The molecule has 0 unspecified atom stereocenters. The minimum Gasteiger partial charge on any atom is -0.497 e. The summed E-state index contributed by atoms with van der Waals surface area (Å²) in [4.78, 5) is 42.3. The van der Waals surface area contributed by atoms with Crippen LogP contribution in [0.5, 0.6) is 5.75 Å². The number of aromatic nitrogens is 1. The summed E-state index contributed by atoms with van der Waals surface area (Å²) in [6.07, 6.45) is 1.58. The molecule has 32 heavy (non-hydrogen) atoms. The molecule has 0 atom stereocenters. The Hall–Kier alpha value is -4.53. The number of rotatable bonds is 7. The summed E-state index contributed by atoms with van der Waals surface area (Å²) in [5, 5.41) is 14.0. The highest BCUT2D eigenvalue weighted by atomic mass is 16.6. The van der Waals surface area contributed by atoms with Gasteiger partial charge in [-0.05, 0) is 54.1 Å². The van der Waals surface area contributed by atoms with E-state index in [1.165, 1.54) is 24.3 Å². The van der Waals surface area contributed by atoms with Gasteiger partial charge in [-0.1, -0.05) is 6.07 Å². The Balaban J connectivity index is 1.73. The number of ether oxygens (including phenoxy) is 1. The van der Waals surface area contributed by atoms with E-state index in [2.05, 4.69) is 10.3 Å². The molecule has 3 aromatic rings. The molecule has 9 heteroatoms. The number of amides is 2. The highest BCUT2D eigenvalue weighted by molar-refractivity contribution is 6.36. The van der Waals surface area contributed by atoms with Crippen LogP contribution in [0, 0.1) is 10.1 Å². The lowest BCUT2D eigenvalue weighted by Crippen LogP contribution is -2.32. The van der Waals surface area contributed by atoms with Crippen LogP contribution in [-0.2, 0) is 16.1 Å². The molecule has 1 aliphatic rings. The van der Waals surface area contributed by atoms with Gasteiger partial charge in [-0.25, -0.2) is 0 Å². The van der Waals surface area contributed by atoms with Crippen molar-refractivity contribution in [2.75, 3.05) is 12.4 Å². The fraction of sp³-hybridized carbons (Fsp3) is 0.0870. The van der Waals surface area contributed by atoms with Crippen LogP contribution in [0.15, 0.2) is 78.6 Å². The van der Waals surface area contributed by atoms with Gasteiger partial charge in [-0.3, -0.25) is 29.6 Å². The second-order valence-electron chi connectivity index (χ2n) is 6.93. The number of nitrogens with one attached hydrogen (secondary N) is 1. The molecule has 0 saturated carbocycles. The fourth-order valence-corrected chi connectivity index (χ4v) is 3.33. The summed E-state index contributed by atoms with van der Waals surface area (Å²) < 4.78 is 5.15. The van der Waals surface area contributed by atoms with Crippen LogP contribution in [-0.4, -0.2) is 33.7 Å². The van der Waals surface area contributed by atoms with Crippen LogP contribution in [0.1, 0.15) is 11.3 Å². The first-order chi connectivity index (χ1) is 15.5. The standard InChI is InChI=1S/C23H18N4O5/c1-32-19-11-7-16(8-12-19)25-21-20(15-5-9-18(10-6-15)27(30)31)22(28)26(23(21)29)14-17-4-2-3-13-24-17/h2-13,25H,14H2,1H3. The predicted molar refractivity (Wildman–Crippen MR) is 116 cm³/mol. The topological polar surface area (TPSA) is 115 Å². The highest BCUT2D eigenvalue weighted by Gasteiger charge is 2.39. The maximum atomic E-state index is 13.3. The average Bonchev–Trinajstić information content (AvgIpc) is 3.04. The number of pyridine rings is 1. The van der Waals surface area contributed by atoms with Crippen molar-refractivity contribution in [2.24, 2.45) is 0 Å². The lowest BCUT2D eigenvalue weighted by Gasteiger charge is -2.14. The van der Waals surface area contributed by atoms with E-state index in [1.807, 2.05) is 0 Å². The molecule has 0 saturated heterocycles. The molecule has 0 aliphatic carbocycles. The molecule has 2 aromatic carbocycles. The van der Waals surface area contributed by atoms with E-state index < -0.39 is 16.7 Å². The van der Waals surface area contributed by atoms with E-state index in [0.29, 0.717) is 22.7 Å². The van der Waals surface area contributed by atoms with E-state index >= 15 is 0 Å². The molecule has 0 bridgehead atoms. The number of anilines is 1. The van der Waals surface area contributed by atoms with Gasteiger partial charge in [0.2, 0.25) is 0 Å². The average molecular weight is 430 g/mol. The number of hydrogen-bond acceptors (Lipinski definition) is 7. The number of hydrogen-bond donors (Lipinski definition) is 1. The number of carbonyl (C=O) groups is 2. The van der Waals surface area contributed by atoms with E-state index in [4.69, 9.17) is 4.74 Å². The van der Waals surface area contributed by atoms with E-state index in [0.717, 1.165) is 4.90 Å². The van der Waals surface area contributed by atoms with E-state index in [1.54, 1.807) is 55.8 Å². The van der Waals surface area contributed by atoms with Crippen LogP contribution in [0.4, 0.5) is 11.4 Å². The molecular weight excluding hydrogens is 412 g/mol. The van der Waals surface area contributed by atoms with Crippen molar-refractivity contribution < 1.29 is 19.2 Å². The molecule has 0 fully saturated rings. The lowest BCUT2D eigenvalue weighted by molar-refractivity contribution is -0.384. The van der Waals surface area contributed by atoms with Gasteiger partial charge in [0.25, 0.3) is 17.5 Å². The molecular formula is C23H18N4O5. The monoisotopic (exact) mass is 430 g/mol. The second-order valence-corrected chi connectivity index (χ2v) is 6.93. The van der Waals surface area contributed by atoms with Gasteiger partial charge in [0.15, 0.2) is 0 Å². The SMILES string of the molecule is COc1ccc(NC2=C(c3ccc([N+](=O)[O-])cc3)C(=O)N(Cc3ccccn3)C2=O)cc1. The third kappa shape index (κ3) is 4.04. The van der Waals surface area contributed by atoms with Gasteiger partial charge in [-0.2, -0.15) is 0 Å². The molecule has 4 rings (SSSR count). The fourth-order valence-electron chi connectivity index (χ4n) is 3.33. The number of nitrogens with zero attached hydrogens (tertiary/aromatic N) is 3. The van der Waals surface area contributed by atoms with Crippen molar-refractivity contribution in [2.45, 2.75) is 6.54 Å². The maximum absolute atomic E-state index is 13.3. The number of imide groups is 1. The molecule has 1 aliphatic heterocycles. The first kappa shape index (κ1) is 20.7. The Morgan fingerprint density at radius 3 is 2.31 bits per heavy atom. The van der Waals surface area contributed by atoms with Gasteiger partial charge in [0.05, 0.1) is 29.8 Å². The maximum Gasteiger partial charge on any atom is 0.278 e. The van der Waals surface area contributed by atoms with Gasteiger partial charge in [0.1, 0.15) is 11.4 Å². The van der Waals surface area contributed by atoms with Crippen molar-refractivity contribution in [3.8, 4) is 5.75 Å². The minimum atomic E-state index is -0.524. The van der Waals surface area contributed by atoms with Crippen molar-refractivity contribution >= 4 is 28.8 Å². The summed E-state index contributed by atoms with van der Waals surface area (Å²) in [6.45, 7) is 0.00276. The first-order valence-corrected chi connectivity index (χ1v) is 9.64. The van der Waals surface area contributed by atoms with Crippen molar-refractivity contribution in [1.29, 1.82) is 0 Å². The van der Waals surface area contributed by atoms with Gasteiger partial charge in [-0.15, -0.1) is 0 Å². The number of carbonyl (C=O) groups excluding carboxylic acids is 2. The van der Waals surface area contributed by atoms with Crippen LogP contribution in [0.3, 0.4) is 0 Å². The third-order valence-corrected chi connectivity index (χ3v) is 4.94.